The van der Waals surface area contributed by atoms with Crippen molar-refractivity contribution in [2.45, 2.75) is 40.5 Å². The number of aryl methyl sites for hydroxylation is 2. The first-order valence-electron chi connectivity index (χ1n) is 7.40. The van der Waals surface area contributed by atoms with Crippen LogP contribution in [-0.4, -0.2) is 39.9 Å². The first-order valence-corrected chi connectivity index (χ1v) is 7.40. The highest BCUT2D eigenvalue weighted by Crippen LogP contribution is 2.25. The molecule has 22 heavy (non-hydrogen) atoms. The third-order valence-corrected chi connectivity index (χ3v) is 4.22. The maximum absolute atomic E-state index is 11.9. The summed E-state index contributed by atoms with van der Waals surface area (Å²) in [4.78, 5) is 23.3. The van der Waals surface area contributed by atoms with Gasteiger partial charge in [-0.15, -0.1) is 0 Å². The van der Waals surface area contributed by atoms with Crippen molar-refractivity contribution in [2.75, 3.05) is 13.2 Å². The average Bonchev–Trinajstić information content (AvgIpc) is 2.71. The number of aromatic nitrogens is 2. The Morgan fingerprint density at radius 2 is 1.91 bits per heavy atom. The quantitative estimate of drug-likeness (QED) is 0.757. The normalized spacial score (nSPS) is 11.3. The van der Waals surface area contributed by atoms with E-state index in [1.54, 1.807) is 11.7 Å². The molecule has 0 aliphatic heterocycles. The molecule has 1 amide bonds. The maximum atomic E-state index is 11.9. The smallest absolute Gasteiger partial charge is 0.311 e. The first kappa shape index (κ1) is 18.0. The summed E-state index contributed by atoms with van der Waals surface area (Å²) in [6, 6.07) is 0. The molecule has 0 bridgehead atoms. The Morgan fingerprint density at radius 3 is 2.32 bits per heavy atom. The van der Waals surface area contributed by atoms with Gasteiger partial charge < -0.3 is 15.2 Å². The van der Waals surface area contributed by atoms with Crippen molar-refractivity contribution in [3.05, 3.63) is 11.4 Å². The van der Waals surface area contributed by atoms with Crippen molar-refractivity contribution in [3.8, 4) is 5.75 Å². The Labute approximate surface area is 130 Å². The van der Waals surface area contributed by atoms with Crippen LogP contribution in [0.2, 0.25) is 0 Å². The average molecular weight is 311 g/mol. The van der Waals surface area contributed by atoms with Crippen LogP contribution in [-0.2, 0) is 16.6 Å². The summed E-state index contributed by atoms with van der Waals surface area (Å²) in [5.41, 5.74) is 0.637. The summed E-state index contributed by atoms with van der Waals surface area (Å²) in [5, 5.41) is 16.2. The van der Waals surface area contributed by atoms with Gasteiger partial charge in [-0.3, -0.25) is 14.3 Å². The number of carboxylic acids is 1. The van der Waals surface area contributed by atoms with Crippen molar-refractivity contribution >= 4 is 11.9 Å². The highest BCUT2D eigenvalue weighted by Gasteiger charge is 2.35. The molecule has 1 rings (SSSR count). The lowest BCUT2D eigenvalue weighted by Gasteiger charge is -2.26. The SMILES string of the molecule is CCC(CC)(CNC(=O)COc1c(C)nn(C)c1C)C(=O)O. The van der Waals surface area contributed by atoms with Crippen LogP contribution in [0.15, 0.2) is 0 Å². The van der Waals surface area contributed by atoms with Crippen molar-refractivity contribution in [1.82, 2.24) is 15.1 Å². The molecule has 1 aromatic rings. The van der Waals surface area contributed by atoms with Crippen LogP contribution in [0.1, 0.15) is 38.1 Å². The number of rotatable bonds is 8. The van der Waals surface area contributed by atoms with Gasteiger partial charge in [0.25, 0.3) is 5.91 Å². The number of amides is 1. The van der Waals surface area contributed by atoms with Crippen LogP contribution in [0.5, 0.6) is 5.75 Å². The molecule has 2 N–H and O–H groups in total. The van der Waals surface area contributed by atoms with Crippen molar-refractivity contribution < 1.29 is 19.4 Å². The Bertz CT molecular complexity index is 547. The Morgan fingerprint density at radius 1 is 1.32 bits per heavy atom. The molecule has 1 aromatic heterocycles. The zero-order valence-corrected chi connectivity index (χ0v) is 13.9. The molecule has 0 radical (unpaired) electrons. The molecular formula is C15H25N3O4. The van der Waals surface area contributed by atoms with Gasteiger partial charge in [-0.1, -0.05) is 13.8 Å². The van der Waals surface area contributed by atoms with Crippen LogP contribution in [0, 0.1) is 19.3 Å². The summed E-state index contributed by atoms with van der Waals surface area (Å²) in [6.45, 7) is 7.23. The van der Waals surface area contributed by atoms with E-state index in [2.05, 4.69) is 10.4 Å². The van der Waals surface area contributed by atoms with Crippen LogP contribution < -0.4 is 10.1 Å². The van der Waals surface area contributed by atoms with E-state index in [0.29, 0.717) is 18.6 Å². The van der Waals surface area contributed by atoms with Gasteiger partial charge in [0.15, 0.2) is 12.4 Å². The number of carbonyl (C=O) groups is 2. The molecule has 0 saturated heterocycles. The predicted octanol–water partition coefficient (Wildman–Crippen LogP) is 1.42. The summed E-state index contributed by atoms with van der Waals surface area (Å²) in [5.74, 6) is -0.638. The third-order valence-electron chi connectivity index (χ3n) is 4.22. The van der Waals surface area contributed by atoms with Crippen LogP contribution in [0.4, 0.5) is 0 Å². The highest BCUT2D eigenvalue weighted by atomic mass is 16.5. The molecule has 0 aliphatic carbocycles. The van der Waals surface area contributed by atoms with E-state index in [4.69, 9.17) is 4.74 Å². The number of carbonyl (C=O) groups excluding carboxylic acids is 1. The van der Waals surface area contributed by atoms with Gasteiger partial charge in [0.2, 0.25) is 0 Å². The number of nitrogens with one attached hydrogen (secondary N) is 1. The van der Waals surface area contributed by atoms with Gasteiger partial charge >= 0.3 is 5.97 Å². The second-order valence-electron chi connectivity index (χ2n) is 5.48. The van der Waals surface area contributed by atoms with E-state index < -0.39 is 11.4 Å². The number of hydrogen-bond donors (Lipinski definition) is 2. The Kier molecular flexibility index (Phi) is 5.96. The van der Waals surface area contributed by atoms with Gasteiger partial charge in [0, 0.05) is 13.6 Å². The van der Waals surface area contributed by atoms with E-state index in [9.17, 15) is 14.7 Å². The number of carboxylic acid groups (broad SMARTS) is 1. The van der Waals surface area contributed by atoms with E-state index in [1.807, 2.05) is 27.7 Å². The Hall–Kier alpha value is -2.05. The van der Waals surface area contributed by atoms with Gasteiger partial charge in [-0.25, -0.2) is 0 Å². The fraction of sp³-hybridized carbons (Fsp3) is 0.667. The first-order chi connectivity index (χ1) is 10.3. The lowest BCUT2D eigenvalue weighted by molar-refractivity contribution is -0.149. The van der Waals surface area contributed by atoms with Crippen LogP contribution in [0.25, 0.3) is 0 Å². The van der Waals surface area contributed by atoms with Gasteiger partial charge in [-0.05, 0) is 26.7 Å². The molecule has 0 saturated carbocycles. The summed E-state index contributed by atoms with van der Waals surface area (Å²) >= 11 is 0. The second-order valence-corrected chi connectivity index (χ2v) is 5.48. The molecule has 7 heteroatoms. The lowest BCUT2D eigenvalue weighted by atomic mass is 9.82. The highest BCUT2D eigenvalue weighted by molar-refractivity contribution is 5.80. The monoisotopic (exact) mass is 311 g/mol. The zero-order chi connectivity index (χ0) is 16.9. The molecule has 0 unspecified atom stereocenters. The van der Waals surface area contributed by atoms with Crippen LogP contribution in [0.3, 0.4) is 0 Å². The largest absolute Gasteiger partial charge is 0.481 e. The second kappa shape index (κ2) is 7.29. The lowest BCUT2D eigenvalue weighted by Crippen LogP contribution is -2.43. The zero-order valence-electron chi connectivity index (χ0n) is 13.9. The molecule has 124 valence electrons. The van der Waals surface area contributed by atoms with Gasteiger partial charge in [0.05, 0.1) is 11.1 Å². The molecular weight excluding hydrogens is 286 g/mol. The third kappa shape index (κ3) is 3.78. The summed E-state index contributed by atoms with van der Waals surface area (Å²) in [7, 11) is 1.80. The van der Waals surface area contributed by atoms with Gasteiger partial charge in [0.1, 0.15) is 5.69 Å². The molecule has 0 aromatic carbocycles. The number of hydrogen-bond acceptors (Lipinski definition) is 4. The minimum Gasteiger partial charge on any atom is -0.481 e. The van der Waals surface area contributed by atoms with Crippen molar-refractivity contribution in [1.29, 1.82) is 0 Å². The van der Waals surface area contributed by atoms with Crippen molar-refractivity contribution in [3.63, 3.8) is 0 Å². The maximum Gasteiger partial charge on any atom is 0.311 e. The molecule has 1 heterocycles. The van der Waals surface area contributed by atoms with Crippen LogP contribution >= 0.6 is 0 Å². The molecule has 0 atom stereocenters. The number of aliphatic carboxylic acids is 1. The molecule has 0 fully saturated rings. The van der Waals surface area contributed by atoms with E-state index in [-0.39, 0.29) is 19.1 Å². The number of ether oxygens (including phenoxy) is 1. The summed E-state index contributed by atoms with van der Waals surface area (Å²) < 4.78 is 7.19. The Balaban J connectivity index is 2.58. The minimum absolute atomic E-state index is 0.0997. The minimum atomic E-state index is -0.921. The van der Waals surface area contributed by atoms with E-state index in [0.717, 1.165) is 11.4 Å². The van der Waals surface area contributed by atoms with E-state index in [1.165, 1.54) is 0 Å². The molecule has 0 aliphatic rings. The van der Waals surface area contributed by atoms with Crippen molar-refractivity contribution in [2.24, 2.45) is 12.5 Å². The molecule has 7 nitrogen and oxygen atoms in total. The standard InChI is InChI=1S/C15H25N3O4/c1-6-15(7-2,14(20)21)9-16-12(19)8-22-13-10(3)17-18(5)11(13)4/h6-9H2,1-5H3,(H,16,19)(H,20,21). The molecule has 0 spiro atoms. The van der Waals surface area contributed by atoms with Gasteiger partial charge in [-0.2, -0.15) is 5.10 Å². The topological polar surface area (TPSA) is 93.5 Å². The predicted molar refractivity (Wildman–Crippen MR) is 81.8 cm³/mol. The van der Waals surface area contributed by atoms with E-state index >= 15 is 0 Å². The fourth-order valence-electron chi connectivity index (χ4n) is 2.30. The summed E-state index contributed by atoms with van der Waals surface area (Å²) in [6.07, 6.45) is 0.918. The number of nitrogens with zero attached hydrogens (tertiary/aromatic N) is 2. The fourth-order valence-corrected chi connectivity index (χ4v) is 2.30.